The zero-order chi connectivity index (χ0) is 15.0. The Hall–Kier alpha value is -2.06. The fourth-order valence-electron chi connectivity index (χ4n) is 1.48. The van der Waals surface area contributed by atoms with Crippen molar-refractivity contribution in [1.29, 1.82) is 0 Å². The smallest absolute Gasteiger partial charge is 0.258 e. The summed E-state index contributed by atoms with van der Waals surface area (Å²) >= 11 is 0. The average molecular weight is 278 g/mol. The monoisotopic (exact) mass is 278 g/mol. The molecular formula is C15H19FN2O2. The molecule has 0 heterocycles. The molecule has 0 fully saturated rings. The fourth-order valence-corrected chi connectivity index (χ4v) is 1.48. The standard InChI is InChI=1S/C15H19FN2O2/c1-4-5-17-15(19)10-20-14-7-12(6-13(16)8-14)9-18-11(2)3/h1,6-8,11,18H,5,9-10H2,2-3H3,(H,17,19). The summed E-state index contributed by atoms with van der Waals surface area (Å²) in [6.07, 6.45) is 5.02. The topological polar surface area (TPSA) is 50.4 Å². The van der Waals surface area contributed by atoms with Gasteiger partial charge < -0.3 is 15.4 Å². The van der Waals surface area contributed by atoms with E-state index in [0.717, 1.165) is 5.56 Å². The van der Waals surface area contributed by atoms with Crippen molar-refractivity contribution >= 4 is 5.91 Å². The van der Waals surface area contributed by atoms with Crippen LogP contribution in [0.15, 0.2) is 18.2 Å². The van der Waals surface area contributed by atoms with Crippen LogP contribution in [0.3, 0.4) is 0 Å². The summed E-state index contributed by atoms with van der Waals surface area (Å²) in [7, 11) is 0. The molecule has 0 saturated heterocycles. The van der Waals surface area contributed by atoms with Crippen LogP contribution >= 0.6 is 0 Å². The summed E-state index contributed by atoms with van der Waals surface area (Å²) < 4.78 is 18.7. The molecule has 0 bridgehead atoms. The van der Waals surface area contributed by atoms with Crippen molar-refractivity contribution < 1.29 is 13.9 Å². The Bertz CT molecular complexity index is 495. The molecule has 1 aromatic rings. The van der Waals surface area contributed by atoms with Gasteiger partial charge in [-0.1, -0.05) is 19.8 Å². The van der Waals surface area contributed by atoms with Crippen molar-refractivity contribution in [3.63, 3.8) is 0 Å². The van der Waals surface area contributed by atoms with E-state index >= 15 is 0 Å². The van der Waals surface area contributed by atoms with Crippen LogP contribution in [0.2, 0.25) is 0 Å². The predicted octanol–water partition coefficient (Wildman–Crippen LogP) is 1.45. The van der Waals surface area contributed by atoms with Gasteiger partial charge in [0.1, 0.15) is 11.6 Å². The van der Waals surface area contributed by atoms with Crippen LogP contribution in [0.4, 0.5) is 4.39 Å². The Morgan fingerprint density at radius 3 is 2.85 bits per heavy atom. The molecule has 108 valence electrons. The van der Waals surface area contributed by atoms with Crippen LogP contribution in [-0.2, 0) is 11.3 Å². The van der Waals surface area contributed by atoms with Gasteiger partial charge in [0.15, 0.2) is 6.61 Å². The molecule has 0 aliphatic carbocycles. The molecule has 0 atom stereocenters. The highest BCUT2D eigenvalue weighted by atomic mass is 19.1. The first-order valence-electron chi connectivity index (χ1n) is 6.37. The van der Waals surface area contributed by atoms with Crippen LogP contribution in [0.25, 0.3) is 0 Å². The van der Waals surface area contributed by atoms with E-state index in [4.69, 9.17) is 11.2 Å². The number of rotatable bonds is 7. The van der Waals surface area contributed by atoms with E-state index in [1.807, 2.05) is 13.8 Å². The van der Waals surface area contributed by atoms with Gasteiger partial charge in [0.25, 0.3) is 5.91 Å². The van der Waals surface area contributed by atoms with Crippen LogP contribution in [-0.4, -0.2) is 25.1 Å². The van der Waals surface area contributed by atoms with Gasteiger partial charge >= 0.3 is 0 Å². The lowest BCUT2D eigenvalue weighted by molar-refractivity contribution is -0.122. The molecule has 0 aromatic heterocycles. The Labute approximate surface area is 118 Å². The van der Waals surface area contributed by atoms with Crippen molar-refractivity contribution in [2.75, 3.05) is 13.2 Å². The van der Waals surface area contributed by atoms with Crippen molar-refractivity contribution in [3.05, 3.63) is 29.6 Å². The Morgan fingerprint density at radius 1 is 1.45 bits per heavy atom. The molecule has 0 aliphatic heterocycles. The molecule has 0 spiro atoms. The van der Waals surface area contributed by atoms with E-state index < -0.39 is 5.82 Å². The number of ether oxygens (including phenoxy) is 1. The minimum absolute atomic E-state index is 0.148. The summed E-state index contributed by atoms with van der Waals surface area (Å²) in [5.74, 6) is 1.87. The SMILES string of the molecule is C#CCNC(=O)COc1cc(F)cc(CNC(C)C)c1. The quantitative estimate of drug-likeness (QED) is 0.742. The van der Waals surface area contributed by atoms with Gasteiger partial charge in [0, 0.05) is 18.7 Å². The highest BCUT2D eigenvalue weighted by Crippen LogP contribution is 2.16. The number of amides is 1. The van der Waals surface area contributed by atoms with E-state index in [1.54, 1.807) is 6.07 Å². The average Bonchev–Trinajstić information content (AvgIpc) is 2.40. The summed E-state index contributed by atoms with van der Waals surface area (Å²) in [6, 6.07) is 4.68. The number of halogens is 1. The first-order chi connectivity index (χ1) is 9.51. The van der Waals surface area contributed by atoms with Crippen LogP contribution in [0.5, 0.6) is 5.75 Å². The van der Waals surface area contributed by atoms with E-state index in [2.05, 4.69) is 16.6 Å². The van der Waals surface area contributed by atoms with Gasteiger partial charge in [-0.15, -0.1) is 6.42 Å². The van der Waals surface area contributed by atoms with Crippen LogP contribution < -0.4 is 15.4 Å². The molecule has 0 radical (unpaired) electrons. The van der Waals surface area contributed by atoms with Crippen LogP contribution in [0.1, 0.15) is 19.4 Å². The van der Waals surface area contributed by atoms with Gasteiger partial charge in [0.2, 0.25) is 0 Å². The van der Waals surface area contributed by atoms with E-state index in [-0.39, 0.29) is 19.1 Å². The van der Waals surface area contributed by atoms with Crippen molar-refractivity contribution in [3.8, 4) is 18.1 Å². The Kier molecular flexibility index (Phi) is 6.54. The maximum atomic E-state index is 13.4. The summed E-state index contributed by atoms with van der Waals surface area (Å²) in [6.45, 7) is 4.51. The minimum atomic E-state index is -0.396. The first kappa shape index (κ1) is 16.0. The second-order valence-electron chi connectivity index (χ2n) is 4.60. The van der Waals surface area contributed by atoms with Gasteiger partial charge in [-0.2, -0.15) is 0 Å². The summed E-state index contributed by atoms with van der Waals surface area (Å²) in [5, 5.41) is 5.65. The molecule has 1 rings (SSSR count). The molecule has 5 heteroatoms. The third-order valence-electron chi connectivity index (χ3n) is 2.40. The maximum Gasteiger partial charge on any atom is 0.258 e. The van der Waals surface area contributed by atoms with Gasteiger partial charge in [-0.25, -0.2) is 4.39 Å². The van der Waals surface area contributed by atoms with Crippen LogP contribution in [0, 0.1) is 18.2 Å². The number of hydrogen-bond acceptors (Lipinski definition) is 3. The fraction of sp³-hybridized carbons (Fsp3) is 0.400. The predicted molar refractivity (Wildman–Crippen MR) is 75.7 cm³/mol. The third kappa shape index (κ3) is 6.21. The molecule has 4 nitrogen and oxygen atoms in total. The zero-order valence-corrected chi connectivity index (χ0v) is 11.7. The second kappa shape index (κ2) is 8.18. The summed E-state index contributed by atoms with van der Waals surface area (Å²) in [4.78, 5) is 11.3. The molecule has 0 saturated carbocycles. The Balaban J connectivity index is 2.57. The first-order valence-corrected chi connectivity index (χ1v) is 6.37. The second-order valence-corrected chi connectivity index (χ2v) is 4.60. The van der Waals surface area contributed by atoms with Crippen molar-refractivity contribution in [2.24, 2.45) is 0 Å². The number of hydrogen-bond donors (Lipinski definition) is 2. The van der Waals surface area contributed by atoms with Crippen molar-refractivity contribution in [1.82, 2.24) is 10.6 Å². The lowest BCUT2D eigenvalue weighted by atomic mass is 10.2. The minimum Gasteiger partial charge on any atom is -0.484 e. The zero-order valence-electron chi connectivity index (χ0n) is 11.7. The Morgan fingerprint density at radius 2 is 2.20 bits per heavy atom. The number of benzene rings is 1. The molecule has 1 amide bonds. The largest absolute Gasteiger partial charge is 0.484 e. The highest BCUT2D eigenvalue weighted by molar-refractivity contribution is 5.77. The maximum absolute atomic E-state index is 13.4. The molecule has 0 aliphatic rings. The molecular weight excluding hydrogens is 259 g/mol. The highest BCUT2D eigenvalue weighted by Gasteiger charge is 2.05. The van der Waals surface area contributed by atoms with Crippen molar-refractivity contribution in [2.45, 2.75) is 26.4 Å². The number of carbonyl (C=O) groups excluding carboxylic acids is 1. The third-order valence-corrected chi connectivity index (χ3v) is 2.40. The normalized spacial score (nSPS) is 10.2. The van der Waals surface area contributed by atoms with Gasteiger partial charge in [-0.3, -0.25) is 4.79 Å². The van der Waals surface area contributed by atoms with Gasteiger partial charge in [-0.05, 0) is 17.7 Å². The lowest BCUT2D eigenvalue weighted by Crippen LogP contribution is -2.29. The molecule has 1 aromatic carbocycles. The molecule has 20 heavy (non-hydrogen) atoms. The number of terminal acetylenes is 1. The summed E-state index contributed by atoms with van der Waals surface area (Å²) in [5.41, 5.74) is 0.762. The van der Waals surface area contributed by atoms with Gasteiger partial charge in [0.05, 0.1) is 6.54 Å². The molecule has 0 unspecified atom stereocenters. The van der Waals surface area contributed by atoms with E-state index in [0.29, 0.717) is 18.3 Å². The number of nitrogens with one attached hydrogen (secondary N) is 2. The molecule has 2 N–H and O–H groups in total. The lowest BCUT2D eigenvalue weighted by Gasteiger charge is -2.11. The van der Waals surface area contributed by atoms with E-state index in [9.17, 15) is 9.18 Å². The van der Waals surface area contributed by atoms with E-state index in [1.165, 1.54) is 12.1 Å². The number of carbonyl (C=O) groups is 1.